The summed E-state index contributed by atoms with van der Waals surface area (Å²) in [6, 6.07) is 5.51. The lowest BCUT2D eigenvalue weighted by Gasteiger charge is -2.41. The molecule has 0 heterocycles. The third kappa shape index (κ3) is 5.83. The van der Waals surface area contributed by atoms with Crippen molar-refractivity contribution in [1.29, 1.82) is 0 Å². The Morgan fingerprint density at radius 2 is 1.50 bits per heavy atom. The second-order valence-corrected chi connectivity index (χ2v) is 8.62. The number of rotatable bonds is 7. The minimum atomic E-state index is -0.229. The number of Topliss-reactive ketones (excluding diaryl/α,β-unsaturated/α-hetero) is 1. The van der Waals surface area contributed by atoms with E-state index in [4.69, 9.17) is 4.74 Å². The molecule has 30 heavy (non-hydrogen) atoms. The fourth-order valence-electron chi connectivity index (χ4n) is 4.79. The SMILES string of the molecule is CC(=O)Nc1ccc(C(C)=O)cc1OCC(=O)N(C1CCCCC1)C1CCCCC1. The van der Waals surface area contributed by atoms with Gasteiger partial charge in [0.25, 0.3) is 5.91 Å². The van der Waals surface area contributed by atoms with Gasteiger partial charge in [0, 0.05) is 24.6 Å². The van der Waals surface area contributed by atoms with Gasteiger partial charge < -0.3 is 15.0 Å². The van der Waals surface area contributed by atoms with Gasteiger partial charge in [-0.05, 0) is 50.8 Å². The molecule has 0 atom stereocenters. The van der Waals surface area contributed by atoms with Crippen molar-refractivity contribution >= 4 is 23.3 Å². The van der Waals surface area contributed by atoms with Gasteiger partial charge in [-0.2, -0.15) is 0 Å². The maximum atomic E-state index is 13.3. The highest BCUT2D eigenvalue weighted by Gasteiger charge is 2.32. The summed E-state index contributed by atoms with van der Waals surface area (Å²) in [5.74, 6) is 0.0497. The lowest BCUT2D eigenvalue weighted by Crippen LogP contribution is -2.50. The number of benzene rings is 1. The maximum Gasteiger partial charge on any atom is 0.261 e. The number of hydrogen-bond donors (Lipinski definition) is 1. The number of nitrogens with one attached hydrogen (secondary N) is 1. The average Bonchev–Trinajstić information content (AvgIpc) is 2.74. The zero-order valence-electron chi connectivity index (χ0n) is 18.2. The van der Waals surface area contributed by atoms with Crippen LogP contribution in [0.3, 0.4) is 0 Å². The van der Waals surface area contributed by atoms with E-state index >= 15 is 0 Å². The van der Waals surface area contributed by atoms with E-state index in [1.54, 1.807) is 18.2 Å². The Hall–Kier alpha value is -2.37. The van der Waals surface area contributed by atoms with Crippen LogP contribution in [0.4, 0.5) is 5.69 Å². The number of hydrogen-bond acceptors (Lipinski definition) is 4. The third-order valence-corrected chi connectivity index (χ3v) is 6.27. The number of nitrogens with zero attached hydrogens (tertiary/aromatic N) is 1. The van der Waals surface area contributed by atoms with Gasteiger partial charge in [-0.3, -0.25) is 14.4 Å². The van der Waals surface area contributed by atoms with Crippen LogP contribution in [-0.4, -0.2) is 41.2 Å². The molecule has 1 aromatic carbocycles. The van der Waals surface area contributed by atoms with Gasteiger partial charge in [-0.1, -0.05) is 38.5 Å². The molecule has 2 aliphatic carbocycles. The van der Waals surface area contributed by atoms with E-state index in [1.165, 1.54) is 52.4 Å². The molecule has 6 heteroatoms. The third-order valence-electron chi connectivity index (χ3n) is 6.27. The molecular formula is C24H34N2O4. The molecule has 6 nitrogen and oxygen atoms in total. The Labute approximate surface area is 179 Å². The van der Waals surface area contributed by atoms with E-state index in [0.29, 0.717) is 29.1 Å². The highest BCUT2D eigenvalue weighted by molar-refractivity contribution is 5.96. The minimum absolute atomic E-state index is 0.0100. The normalized spacial score (nSPS) is 17.9. The van der Waals surface area contributed by atoms with Crippen LogP contribution < -0.4 is 10.1 Å². The number of ketones is 1. The number of amides is 2. The summed E-state index contributed by atoms with van der Waals surface area (Å²) in [5.41, 5.74) is 0.963. The smallest absolute Gasteiger partial charge is 0.261 e. The van der Waals surface area contributed by atoms with Gasteiger partial charge in [0.1, 0.15) is 5.75 Å². The quantitative estimate of drug-likeness (QED) is 0.655. The largest absolute Gasteiger partial charge is 0.482 e. The first kappa shape index (κ1) is 22.3. The molecule has 1 N–H and O–H groups in total. The number of carbonyl (C=O) groups excluding carboxylic acids is 3. The molecule has 0 saturated heterocycles. The summed E-state index contributed by atoms with van der Waals surface area (Å²) >= 11 is 0. The molecule has 2 fully saturated rings. The van der Waals surface area contributed by atoms with E-state index in [9.17, 15) is 14.4 Å². The highest BCUT2D eigenvalue weighted by Crippen LogP contribution is 2.31. The van der Waals surface area contributed by atoms with Crippen molar-refractivity contribution in [3.63, 3.8) is 0 Å². The van der Waals surface area contributed by atoms with Gasteiger partial charge >= 0.3 is 0 Å². The van der Waals surface area contributed by atoms with Crippen LogP contribution in [0.15, 0.2) is 18.2 Å². The van der Waals surface area contributed by atoms with E-state index in [-0.39, 0.29) is 24.2 Å². The van der Waals surface area contributed by atoms with Crippen LogP contribution in [-0.2, 0) is 9.59 Å². The Balaban J connectivity index is 1.75. The van der Waals surface area contributed by atoms with Crippen molar-refractivity contribution in [3.05, 3.63) is 23.8 Å². The van der Waals surface area contributed by atoms with Gasteiger partial charge in [0.2, 0.25) is 5.91 Å². The number of carbonyl (C=O) groups is 3. The Kier molecular flexibility index (Phi) is 7.88. The van der Waals surface area contributed by atoms with Crippen LogP contribution in [0, 0.1) is 0 Å². The summed E-state index contributed by atoms with van der Waals surface area (Å²) < 4.78 is 5.90. The second kappa shape index (κ2) is 10.6. The molecule has 0 radical (unpaired) electrons. The van der Waals surface area contributed by atoms with Crippen molar-refractivity contribution in [2.24, 2.45) is 0 Å². The fraction of sp³-hybridized carbons (Fsp3) is 0.625. The molecule has 3 rings (SSSR count). The zero-order chi connectivity index (χ0) is 21.5. The predicted octanol–water partition coefficient (Wildman–Crippen LogP) is 4.72. The Morgan fingerprint density at radius 3 is 2.00 bits per heavy atom. The van der Waals surface area contributed by atoms with Crippen LogP contribution >= 0.6 is 0 Å². The first-order valence-corrected chi connectivity index (χ1v) is 11.3. The molecule has 2 amide bonds. The maximum absolute atomic E-state index is 13.3. The van der Waals surface area contributed by atoms with Crippen LogP contribution in [0.25, 0.3) is 0 Å². The van der Waals surface area contributed by atoms with Gasteiger partial charge in [-0.15, -0.1) is 0 Å². The van der Waals surface area contributed by atoms with Crippen molar-refractivity contribution in [1.82, 2.24) is 4.90 Å². The number of anilines is 1. The molecular weight excluding hydrogens is 380 g/mol. The summed E-state index contributed by atoms with van der Waals surface area (Å²) in [6.45, 7) is 2.82. The number of ether oxygens (including phenoxy) is 1. The summed E-state index contributed by atoms with van der Waals surface area (Å²) in [5, 5.41) is 2.72. The first-order chi connectivity index (χ1) is 14.5. The molecule has 164 valence electrons. The average molecular weight is 415 g/mol. The molecule has 0 aromatic heterocycles. The summed E-state index contributed by atoms with van der Waals surface area (Å²) in [4.78, 5) is 38.7. The van der Waals surface area contributed by atoms with E-state index in [1.807, 2.05) is 0 Å². The first-order valence-electron chi connectivity index (χ1n) is 11.3. The molecule has 1 aromatic rings. The molecule has 2 saturated carbocycles. The van der Waals surface area contributed by atoms with Crippen molar-refractivity contribution < 1.29 is 19.1 Å². The molecule has 0 unspecified atom stereocenters. The Morgan fingerprint density at radius 1 is 0.933 bits per heavy atom. The van der Waals surface area contributed by atoms with E-state index in [2.05, 4.69) is 10.2 Å². The lowest BCUT2D eigenvalue weighted by molar-refractivity contribution is -0.140. The van der Waals surface area contributed by atoms with Crippen molar-refractivity contribution in [2.45, 2.75) is 90.1 Å². The van der Waals surface area contributed by atoms with Gasteiger partial charge in [0.15, 0.2) is 12.4 Å². The second-order valence-electron chi connectivity index (χ2n) is 8.62. The summed E-state index contributed by atoms with van der Waals surface area (Å²) in [7, 11) is 0. The summed E-state index contributed by atoms with van der Waals surface area (Å²) in [6.07, 6.45) is 11.5. The fourth-order valence-corrected chi connectivity index (χ4v) is 4.79. The van der Waals surface area contributed by atoms with Crippen molar-refractivity contribution in [2.75, 3.05) is 11.9 Å². The predicted molar refractivity (Wildman–Crippen MR) is 117 cm³/mol. The molecule has 0 spiro atoms. The topological polar surface area (TPSA) is 75.7 Å². The van der Waals surface area contributed by atoms with Gasteiger partial charge in [-0.25, -0.2) is 0 Å². The Bertz CT molecular complexity index is 746. The monoisotopic (exact) mass is 414 g/mol. The molecule has 2 aliphatic rings. The van der Waals surface area contributed by atoms with Crippen LogP contribution in [0.5, 0.6) is 5.75 Å². The standard InChI is InChI=1S/C24H34N2O4/c1-17(27)19-13-14-22(25-18(2)28)23(15-19)30-16-24(29)26(20-9-5-3-6-10-20)21-11-7-4-8-12-21/h13-15,20-21H,3-12,16H2,1-2H3,(H,25,28). The highest BCUT2D eigenvalue weighted by atomic mass is 16.5. The van der Waals surface area contributed by atoms with Crippen LogP contribution in [0.1, 0.15) is 88.4 Å². The zero-order valence-corrected chi connectivity index (χ0v) is 18.2. The van der Waals surface area contributed by atoms with Gasteiger partial charge in [0.05, 0.1) is 5.69 Å². The molecule has 0 aliphatic heterocycles. The van der Waals surface area contributed by atoms with Crippen molar-refractivity contribution in [3.8, 4) is 5.75 Å². The molecule has 0 bridgehead atoms. The van der Waals surface area contributed by atoms with E-state index < -0.39 is 0 Å². The van der Waals surface area contributed by atoms with E-state index in [0.717, 1.165) is 25.7 Å². The minimum Gasteiger partial charge on any atom is -0.482 e. The lowest BCUT2D eigenvalue weighted by atomic mass is 9.88. The van der Waals surface area contributed by atoms with Crippen LogP contribution in [0.2, 0.25) is 0 Å².